The lowest BCUT2D eigenvalue weighted by Gasteiger charge is -2.28. The lowest BCUT2D eigenvalue weighted by molar-refractivity contribution is -0.438. The SMILES string of the molecule is CC1(C)C(=CC=C2CCCC(C=CC3=[N+](CCCCS(=O)(=O)O)c4ccccc4C3(C)C)=C2Oc2ccc(C[C@H](CC(=O)[C@H](Cc3cnc[nH]3)NC(=O)CCCCCCCCC(=O)CC[C@H](NC(=O)NCCCC(=O)O)C(=O)O)C(=O)O)cc2)N(CCCCS(=O)(=O)[O-])c2ccccc21.O=C=O.O=S(=O)=O.O=S(=O)=O. The van der Waals surface area contributed by atoms with E-state index in [9.17, 15) is 69.7 Å². The van der Waals surface area contributed by atoms with Gasteiger partial charge >= 0.3 is 51.3 Å². The number of anilines is 1. The van der Waals surface area contributed by atoms with Gasteiger partial charge in [-0.05, 0) is 137 Å². The fraction of sp³-hybridized carbons (Fsp3) is 0.486. The molecule has 1 aromatic heterocycles. The first kappa shape index (κ1) is 92.4. The zero-order chi connectivity index (χ0) is 81.8. The summed E-state index contributed by atoms with van der Waals surface area (Å²) in [7, 11) is -14.8. The predicted octanol–water partition coefficient (Wildman–Crippen LogP) is 7.89. The van der Waals surface area contributed by atoms with Gasteiger partial charge in [0.1, 0.15) is 29.9 Å². The molecule has 0 unspecified atom stereocenters. The minimum atomic E-state index is -4.39. The van der Waals surface area contributed by atoms with Crippen molar-refractivity contribution in [3.8, 4) is 5.75 Å². The standard InChI is InChI=1S/C73H95N7O17S2.CO2.2O3S/c1-72(2)57-24-11-13-26-61(57)79(41-15-17-43-98(91,92)93)64(72)38-32-51-21-19-22-52(33-39-65-73(3,4)58-25-12-14-27-62(58)80(65)42-16-18-44-99(94,95)96)68(51)97-56-35-30-50(31-36-56)45-53(69(86)87)46-63(82)60(47-54-48-74-49-76-54)77-66(83)28-10-8-6-5-7-9-23-55(81)34-37-59(70(88)89)78-71(90)75-40-20-29-67(84)85;2-1-3;2*1-4(2)3/h11-14,24-27,30-33,35-36,38-39,48-49,53,59-60H,5-10,15-23,28-29,34,37,40-47H2,1-4H3,(H8-,74,75,76,77,78,83,84,85,86,87,88,89,90,91,92,93,94,95,96);;;/t53-,59+,60+;;;/m1.../s1. The third-order valence-corrected chi connectivity index (χ3v) is 20.0. The lowest BCUT2D eigenvalue weighted by Crippen LogP contribution is -2.46. The number of amides is 3. The van der Waals surface area contributed by atoms with Crippen molar-refractivity contribution < 1.29 is 119 Å². The molecule has 3 heterocycles. The monoisotopic (exact) mass is 1610 g/mol. The zero-order valence-corrected chi connectivity index (χ0v) is 64.8. The molecule has 3 aromatic carbocycles. The van der Waals surface area contributed by atoms with Crippen LogP contribution in [0.3, 0.4) is 0 Å². The number of rotatable bonds is 42. The number of ketones is 2. The summed E-state index contributed by atoms with van der Waals surface area (Å²) in [6, 6.07) is 20.2. The van der Waals surface area contributed by atoms with Crippen LogP contribution in [0, 0.1) is 5.92 Å². The van der Waals surface area contributed by atoms with E-state index in [0.29, 0.717) is 80.8 Å². The van der Waals surface area contributed by atoms with Crippen molar-refractivity contribution >= 4 is 106 Å². The van der Waals surface area contributed by atoms with Gasteiger partial charge in [0.25, 0.3) is 10.1 Å². The quantitative estimate of drug-likeness (QED) is 0.0119. The van der Waals surface area contributed by atoms with Crippen LogP contribution in [0.2, 0.25) is 0 Å². The number of hydrogen-bond acceptors (Lipinski definition) is 23. The summed E-state index contributed by atoms with van der Waals surface area (Å²) in [5, 5.41) is 36.4. The van der Waals surface area contributed by atoms with Crippen LogP contribution in [-0.2, 0) is 103 Å². The second kappa shape index (κ2) is 45.9. The van der Waals surface area contributed by atoms with Crippen molar-refractivity contribution in [2.75, 3.05) is 36.0 Å². The number of Topliss-reactive ketones (excluding diaryl/α,β-unsaturated/α-hetero) is 2. The van der Waals surface area contributed by atoms with E-state index in [1.54, 1.807) is 24.3 Å². The summed E-state index contributed by atoms with van der Waals surface area (Å²) >= 11 is 0. The van der Waals surface area contributed by atoms with E-state index in [0.717, 1.165) is 70.7 Å². The number of fused-ring (bicyclic) bond motifs is 2. The number of aliphatic carboxylic acids is 3. The second-order valence-electron chi connectivity index (χ2n) is 27.3. The van der Waals surface area contributed by atoms with Crippen molar-refractivity contribution in [1.29, 1.82) is 0 Å². The number of aromatic nitrogens is 2. The van der Waals surface area contributed by atoms with Crippen LogP contribution in [-0.4, -0.2) is 178 Å². The summed E-state index contributed by atoms with van der Waals surface area (Å²) in [6.45, 7) is 9.61. The fourth-order valence-corrected chi connectivity index (χ4v) is 14.2. The molecule has 0 radical (unpaired) electrons. The van der Waals surface area contributed by atoms with E-state index >= 15 is 0 Å². The molecule has 3 atom stereocenters. The summed E-state index contributed by atoms with van der Waals surface area (Å²) in [5.74, 6) is -5.34. The summed E-state index contributed by atoms with van der Waals surface area (Å²) in [6.07, 6.45) is 19.1. The van der Waals surface area contributed by atoms with E-state index in [1.807, 2.05) is 36.4 Å². The van der Waals surface area contributed by atoms with Gasteiger partial charge in [-0.2, -0.15) is 22.6 Å². The molecule has 0 fully saturated rings. The number of allylic oxidation sites excluding steroid dienone is 7. The highest BCUT2D eigenvalue weighted by atomic mass is 32.2. The van der Waals surface area contributed by atoms with Crippen LogP contribution < -0.4 is 25.6 Å². The first-order chi connectivity index (χ1) is 51.9. The number of carbonyl (C=O) groups is 7. The Morgan fingerprint density at radius 1 is 0.700 bits per heavy atom. The Morgan fingerprint density at radius 2 is 1.32 bits per heavy atom. The molecule has 3 amide bonds. The Labute approximate surface area is 641 Å². The van der Waals surface area contributed by atoms with E-state index < -0.39 is 106 Å². The van der Waals surface area contributed by atoms with Crippen molar-refractivity contribution in [3.63, 3.8) is 0 Å². The average molecular weight is 1610 g/mol. The predicted molar refractivity (Wildman–Crippen MR) is 398 cm³/mol. The number of H-pyrrole nitrogens is 1. The van der Waals surface area contributed by atoms with Gasteiger partial charge < -0.3 is 50.4 Å². The van der Waals surface area contributed by atoms with E-state index in [2.05, 4.69) is 99.5 Å². The number of carboxylic acids is 3. The van der Waals surface area contributed by atoms with Gasteiger partial charge in [-0.3, -0.25) is 28.5 Å². The maximum absolute atomic E-state index is 14.2. The number of hydrogen-bond donors (Lipinski definition) is 8. The second-order valence-corrected chi connectivity index (χ2v) is 31.2. The number of carbonyl (C=O) groups excluding carboxylic acids is 6. The Bertz CT molecular complexity index is 4490. The van der Waals surface area contributed by atoms with E-state index in [1.165, 1.54) is 12.5 Å². The van der Waals surface area contributed by atoms with Crippen molar-refractivity contribution in [1.82, 2.24) is 25.9 Å². The minimum Gasteiger partial charge on any atom is -0.748 e. The molecular formula is C74H95N7O25S4. The minimum absolute atomic E-state index is 0.0111. The van der Waals surface area contributed by atoms with Gasteiger partial charge in [0.05, 0.1) is 39.6 Å². The smallest absolute Gasteiger partial charge is 0.425 e. The molecular weight excluding hydrogens is 1520 g/mol. The van der Waals surface area contributed by atoms with Gasteiger partial charge in [0.2, 0.25) is 11.6 Å². The third kappa shape index (κ3) is 32.7. The summed E-state index contributed by atoms with van der Waals surface area (Å²) < 4.78 is 127. The van der Waals surface area contributed by atoms with Crippen molar-refractivity contribution in [3.05, 3.63) is 155 Å². The van der Waals surface area contributed by atoms with E-state index in [4.69, 9.17) is 44.7 Å². The maximum Gasteiger partial charge on any atom is 0.425 e. The number of urea groups is 1. The highest BCUT2D eigenvalue weighted by Crippen LogP contribution is 2.48. The van der Waals surface area contributed by atoms with Crippen LogP contribution in [0.25, 0.3) is 0 Å². The largest absolute Gasteiger partial charge is 0.748 e. The molecule has 8 N–H and O–H groups in total. The first-order valence-electron chi connectivity index (χ1n) is 35.5. The number of unbranched alkanes of at least 4 members (excludes halogenated alkanes) is 7. The number of aromatic amines is 1. The zero-order valence-electron chi connectivity index (χ0n) is 61.6. The van der Waals surface area contributed by atoms with Gasteiger partial charge in [-0.1, -0.05) is 94.1 Å². The number of ether oxygens (including phenoxy) is 1. The number of carboxylic acid groups (broad SMARTS) is 3. The molecule has 36 heteroatoms. The Kier molecular flexibility index (Phi) is 38.5. The number of benzene rings is 3. The van der Waals surface area contributed by atoms with Crippen LogP contribution in [0.4, 0.5) is 16.2 Å². The van der Waals surface area contributed by atoms with Crippen LogP contribution in [0.5, 0.6) is 5.75 Å². The Morgan fingerprint density at radius 3 is 1.93 bits per heavy atom. The molecule has 4 aromatic rings. The average Bonchev–Trinajstić information content (AvgIpc) is 1.60. The number of para-hydroxylation sites is 2. The fourth-order valence-electron chi connectivity index (χ4n) is 13.1. The van der Waals surface area contributed by atoms with Crippen molar-refractivity contribution in [2.45, 2.75) is 192 Å². The molecule has 7 rings (SSSR count). The first-order valence-corrected chi connectivity index (χ1v) is 40.7. The lowest BCUT2D eigenvalue weighted by atomic mass is 9.81. The third-order valence-electron chi connectivity index (χ3n) is 18.4. The summed E-state index contributed by atoms with van der Waals surface area (Å²) in [4.78, 5) is 113. The molecule has 0 saturated carbocycles. The van der Waals surface area contributed by atoms with E-state index in [-0.39, 0.29) is 101 Å². The Hall–Kier alpha value is -9.97. The number of imidazole rings is 1. The molecule has 2 aliphatic heterocycles. The summed E-state index contributed by atoms with van der Waals surface area (Å²) in [5.41, 5.74) is 8.26. The highest BCUT2D eigenvalue weighted by molar-refractivity contribution is 7.85. The topological polar surface area (TPSA) is 509 Å². The molecule has 600 valence electrons. The molecule has 0 bridgehead atoms. The van der Waals surface area contributed by atoms with Crippen LogP contribution in [0.1, 0.15) is 178 Å². The van der Waals surface area contributed by atoms with Crippen molar-refractivity contribution in [2.24, 2.45) is 5.92 Å². The molecule has 110 heavy (non-hydrogen) atoms. The number of nitrogens with one attached hydrogen (secondary N) is 4. The Balaban J connectivity index is 0.00000217. The van der Waals surface area contributed by atoms with Gasteiger partial charge in [-0.15, -0.1) is 25.3 Å². The molecule has 32 nitrogen and oxygen atoms in total. The van der Waals surface area contributed by atoms with Gasteiger partial charge in [-0.25, -0.2) is 23.0 Å². The van der Waals surface area contributed by atoms with Gasteiger partial charge in [0, 0.05) is 110 Å². The normalized spacial score (nSPS) is 15.6. The maximum atomic E-state index is 14.2. The van der Waals surface area contributed by atoms with Gasteiger partial charge in [0.15, 0.2) is 11.5 Å². The molecule has 1 aliphatic carbocycles. The highest BCUT2D eigenvalue weighted by Gasteiger charge is 2.44. The molecule has 0 saturated heterocycles. The molecule has 3 aliphatic rings. The van der Waals surface area contributed by atoms with Crippen LogP contribution in [0.15, 0.2) is 132 Å². The molecule has 0 spiro atoms. The van der Waals surface area contributed by atoms with Crippen LogP contribution >= 0.6 is 0 Å². The number of nitrogens with zero attached hydrogens (tertiary/aromatic N) is 3.